The van der Waals surface area contributed by atoms with E-state index in [4.69, 9.17) is 17.3 Å². The van der Waals surface area contributed by atoms with Gasteiger partial charge in [-0.2, -0.15) is 5.10 Å². The first-order chi connectivity index (χ1) is 10.2. The zero-order chi connectivity index (χ0) is 15.9. The molecule has 0 saturated carbocycles. The molecule has 2 rings (SSSR count). The summed E-state index contributed by atoms with van der Waals surface area (Å²) in [7, 11) is 4.57. The SMILES string of the molecule is NC(=S)N/N=C/c1ccc(Cl)cc1.[Cl][Ru+].c1ccccc1. The molecule has 0 fully saturated rings. The molecule has 21 heavy (non-hydrogen) atoms. The van der Waals surface area contributed by atoms with Crippen molar-refractivity contribution in [2.24, 2.45) is 10.8 Å². The fourth-order valence-corrected chi connectivity index (χ4v) is 1.28. The van der Waals surface area contributed by atoms with Crippen LogP contribution in [0.1, 0.15) is 5.56 Å². The molecule has 0 amide bonds. The van der Waals surface area contributed by atoms with E-state index in [9.17, 15) is 0 Å². The number of halogens is 2. The van der Waals surface area contributed by atoms with Gasteiger partial charge in [-0.05, 0) is 29.9 Å². The summed E-state index contributed by atoms with van der Waals surface area (Å²) in [6.07, 6.45) is 1.61. The third kappa shape index (κ3) is 12.5. The Bertz CT molecular complexity index is 495. The van der Waals surface area contributed by atoms with Gasteiger partial charge in [0.05, 0.1) is 6.21 Å². The first-order valence-electron chi connectivity index (χ1n) is 5.66. The molecule has 0 aliphatic rings. The van der Waals surface area contributed by atoms with Crippen LogP contribution in [0.5, 0.6) is 0 Å². The Labute approximate surface area is 149 Å². The van der Waals surface area contributed by atoms with Crippen molar-refractivity contribution < 1.29 is 17.3 Å². The predicted molar refractivity (Wildman–Crippen MR) is 91.3 cm³/mol. The van der Waals surface area contributed by atoms with Crippen molar-refractivity contribution in [1.29, 1.82) is 0 Å². The second-order valence-electron chi connectivity index (χ2n) is 3.44. The van der Waals surface area contributed by atoms with E-state index in [0.29, 0.717) is 5.02 Å². The van der Waals surface area contributed by atoms with E-state index in [0.717, 1.165) is 5.56 Å². The van der Waals surface area contributed by atoms with Gasteiger partial charge in [0.15, 0.2) is 5.11 Å². The van der Waals surface area contributed by atoms with E-state index in [1.807, 2.05) is 65.8 Å². The summed E-state index contributed by atoms with van der Waals surface area (Å²) < 4.78 is 0. The van der Waals surface area contributed by atoms with Gasteiger partial charge in [-0.1, -0.05) is 60.1 Å². The number of hydrogen-bond donors (Lipinski definition) is 2. The quantitative estimate of drug-likeness (QED) is 0.331. The van der Waals surface area contributed by atoms with Gasteiger partial charge >= 0.3 is 27.0 Å². The van der Waals surface area contributed by atoms with Crippen molar-refractivity contribution in [3.63, 3.8) is 0 Å². The second-order valence-corrected chi connectivity index (χ2v) is 4.32. The molecule has 0 atom stereocenters. The average molecular weight is 428 g/mol. The number of hydrogen-bond acceptors (Lipinski definition) is 2. The molecule has 7 heteroatoms. The number of nitrogens with zero attached hydrogens (tertiary/aromatic N) is 1. The third-order valence-corrected chi connectivity index (χ3v) is 2.27. The van der Waals surface area contributed by atoms with Crippen LogP contribution in [0.2, 0.25) is 5.02 Å². The number of hydrazone groups is 1. The van der Waals surface area contributed by atoms with Crippen molar-refractivity contribution in [2.75, 3.05) is 0 Å². The van der Waals surface area contributed by atoms with E-state index < -0.39 is 0 Å². The topological polar surface area (TPSA) is 50.4 Å². The minimum Gasteiger partial charge on any atom is -0.0623 e. The molecule has 2 aromatic carbocycles. The molecule has 3 N–H and O–H groups in total. The normalized spacial score (nSPS) is 8.90. The molecule has 0 saturated heterocycles. The maximum atomic E-state index is 5.70. The van der Waals surface area contributed by atoms with Crippen LogP contribution in [0.25, 0.3) is 0 Å². The Morgan fingerprint density at radius 3 is 1.86 bits per heavy atom. The molecule has 0 heterocycles. The zero-order valence-electron chi connectivity index (χ0n) is 10.9. The third-order valence-electron chi connectivity index (χ3n) is 1.93. The van der Waals surface area contributed by atoms with Crippen molar-refractivity contribution >= 4 is 44.8 Å². The van der Waals surface area contributed by atoms with Gasteiger partial charge < -0.3 is 5.73 Å². The van der Waals surface area contributed by atoms with Crippen LogP contribution in [-0.2, 0) is 17.3 Å². The van der Waals surface area contributed by atoms with Crippen molar-refractivity contribution in [3.05, 3.63) is 71.2 Å². The van der Waals surface area contributed by atoms with Crippen LogP contribution >= 0.6 is 33.5 Å². The minimum absolute atomic E-state index is 0.144. The Morgan fingerprint density at radius 2 is 1.48 bits per heavy atom. The largest absolute Gasteiger partial charge is 0.0623 e. The average Bonchev–Trinajstić information content (AvgIpc) is 2.53. The van der Waals surface area contributed by atoms with Crippen LogP contribution in [0.3, 0.4) is 0 Å². The first kappa shape index (κ1) is 20.0. The summed E-state index contributed by atoms with van der Waals surface area (Å²) >= 11 is 12.1. The number of thiocarbonyl (C=S) groups is 1. The molecule has 0 spiro atoms. The first-order valence-corrected chi connectivity index (χ1v) is 8.68. The summed E-state index contributed by atoms with van der Waals surface area (Å²) in [4.78, 5) is 0. The molecule has 0 aliphatic heterocycles. The van der Waals surface area contributed by atoms with Crippen molar-refractivity contribution in [1.82, 2.24) is 5.43 Å². The smallest absolute Gasteiger partial charge is 0.0623 e. The fourth-order valence-electron chi connectivity index (χ4n) is 1.10. The van der Waals surface area contributed by atoms with Crippen molar-refractivity contribution in [3.8, 4) is 0 Å². The predicted octanol–water partition coefficient (Wildman–Crippen LogP) is 3.88. The summed E-state index contributed by atoms with van der Waals surface area (Å²) in [5.74, 6) is 0. The molecular weight excluding hydrogens is 414 g/mol. The number of nitrogens with one attached hydrogen (secondary N) is 1. The van der Waals surface area contributed by atoms with Gasteiger partial charge in [0.25, 0.3) is 0 Å². The van der Waals surface area contributed by atoms with Crippen LogP contribution in [0, 0.1) is 0 Å². The fraction of sp³-hybridized carbons (Fsp3) is 0. The molecule has 2 aromatic rings. The van der Waals surface area contributed by atoms with Gasteiger partial charge in [0.2, 0.25) is 0 Å². The van der Waals surface area contributed by atoms with E-state index in [-0.39, 0.29) is 5.11 Å². The van der Waals surface area contributed by atoms with E-state index in [2.05, 4.69) is 32.4 Å². The van der Waals surface area contributed by atoms with Crippen LogP contribution in [0.4, 0.5) is 0 Å². The maximum Gasteiger partial charge on any atom is -0.0623 e. The number of nitrogens with two attached hydrogens (primary N) is 1. The molecule has 0 unspecified atom stereocenters. The molecule has 3 nitrogen and oxygen atoms in total. The molecule has 112 valence electrons. The Hall–Kier alpha value is -0.997. The summed E-state index contributed by atoms with van der Waals surface area (Å²) in [5.41, 5.74) is 8.54. The number of benzene rings is 2. The maximum absolute atomic E-state index is 5.70. The molecule has 0 aliphatic carbocycles. The van der Waals surface area contributed by atoms with Gasteiger partial charge in [-0.15, -0.1) is 0 Å². The van der Waals surface area contributed by atoms with E-state index in [1.165, 1.54) is 0 Å². The Morgan fingerprint density at radius 1 is 1.05 bits per heavy atom. The van der Waals surface area contributed by atoms with E-state index in [1.54, 1.807) is 18.3 Å². The van der Waals surface area contributed by atoms with Crippen LogP contribution in [0.15, 0.2) is 65.8 Å². The zero-order valence-corrected chi connectivity index (χ0v) is 15.0. The standard InChI is InChI=1S/C8H8ClN3S.C6H6.ClH.Ru/c9-7-3-1-6(2-4-7)5-11-12-8(10)13;1-2-4-6-5-3-1;;/h1-5H,(H3,10,12,13);1-6H;1H;/q;;;+2/p-1/b11-5+;;;. The van der Waals surface area contributed by atoms with Crippen LogP contribution < -0.4 is 11.2 Å². The van der Waals surface area contributed by atoms with Crippen molar-refractivity contribution in [2.45, 2.75) is 0 Å². The molecule has 0 radical (unpaired) electrons. The number of rotatable bonds is 2. The Balaban J connectivity index is 0.000000416. The van der Waals surface area contributed by atoms with Gasteiger partial charge in [0.1, 0.15) is 0 Å². The summed E-state index contributed by atoms with van der Waals surface area (Å²) in [6, 6.07) is 19.2. The molecular formula is C14H14Cl2N3RuS+. The molecule has 0 aromatic heterocycles. The minimum atomic E-state index is 0.144. The molecule has 0 bridgehead atoms. The van der Waals surface area contributed by atoms with E-state index >= 15 is 0 Å². The van der Waals surface area contributed by atoms with Gasteiger partial charge in [0, 0.05) is 5.02 Å². The monoisotopic (exact) mass is 428 g/mol. The van der Waals surface area contributed by atoms with Crippen LogP contribution in [-0.4, -0.2) is 11.3 Å². The second kappa shape index (κ2) is 14.0. The Kier molecular flexibility index (Phi) is 13.3. The summed E-state index contributed by atoms with van der Waals surface area (Å²) in [5, 5.41) is 4.62. The summed E-state index contributed by atoms with van der Waals surface area (Å²) in [6.45, 7) is 0. The van der Waals surface area contributed by atoms with Gasteiger partial charge in [-0.3, -0.25) is 5.43 Å². The van der Waals surface area contributed by atoms with Gasteiger partial charge in [-0.25, -0.2) is 0 Å².